The Labute approximate surface area is 132 Å². The van der Waals surface area contributed by atoms with Crippen LogP contribution in [0.1, 0.15) is 26.7 Å². The van der Waals surface area contributed by atoms with E-state index in [2.05, 4.69) is 4.72 Å². The molecule has 3 N–H and O–H groups in total. The summed E-state index contributed by atoms with van der Waals surface area (Å²) in [5.41, 5.74) is 4.72. The predicted molar refractivity (Wildman–Crippen MR) is 84.8 cm³/mol. The van der Waals surface area contributed by atoms with Crippen molar-refractivity contribution in [1.29, 1.82) is 0 Å². The van der Waals surface area contributed by atoms with Crippen LogP contribution < -0.4 is 10.5 Å². The average molecular weight is 361 g/mol. The van der Waals surface area contributed by atoms with Crippen molar-refractivity contribution in [2.24, 2.45) is 5.73 Å². The van der Waals surface area contributed by atoms with Gasteiger partial charge in [-0.3, -0.25) is 0 Å². The Morgan fingerprint density at radius 1 is 1.47 bits per heavy atom. The predicted octanol–water partition coefficient (Wildman–Crippen LogP) is 3.18. The fourth-order valence-electron chi connectivity index (χ4n) is 1.61. The minimum absolute atomic E-state index is 0.0494. The summed E-state index contributed by atoms with van der Waals surface area (Å²) in [4.78, 5) is 0.0604. The lowest BCUT2D eigenvalue weighted by Gasteiger charge is -2.31. The van der Waals surface area contributed by atoms with Crippen LogP contribution in [0.4, 0.5) is 0 Å². The third kappa shape index (κ3) is 3.59. The van der Waals surface area contributed by atoms with Crippen LogP contribution in [0.15, 0.2) is 11.0 Å². The first-order valence-corrected chi connectivity index (χ1v) is 8.93. The highest BCUT2D eigenvalue weighted by molar-refractivity contribution is 7.90. The zero-order chi connectivity index (χ0) is 14.8. The summed E-state index contributed by atoms with van der Waals surface area (Å²) >= 11 is 17.6. The third-order valence-electron chi connectivity index (χ3n) is 2.92. The molecule has 0 aliphatic heterocycles. The Morgan fingerprint density at radius 3 is 2.32 bits per heavy atom. The molecule has 0 fully saturated rings. The molecular formula is C10H14Cl2N2O2S3. The maximum Gasteiger partial charge on any atom is 0.243 e. The molecule has 0 saturated carbocycles. The highest BCUT2D eigenvalue weighted by Crippen LogP contribution is 2.35. The van der Waals surface area contributed by atoms with Crippen molar-refractivity contribution in [3.8, 4) is 0 Å². The van der Waals surface area contributed by atoms with Gasteiger partial charge >= 0.3 is 0 Å². The standard InChI is InChI=1S/C10H14Cl2N2O2S3/c1-3-10(4-2,9(13)17)14-19(15,16)6-5-7(11)18-8(6)12/h5,14H,3-4H2,1-2H3,(H2,13,17). The largest absolute Gasteiger partial charge is 0.392 e. The Bertz CT molecular complexity index is 580. The van der Waals surface area contributed by atoms with E-state index in [4.69, 9.17) is 41.2 Å². The number of nitrogens with two attached hydrogens (primary N) is 1. The van der Waals surface area contributed by atoms with Crippen LogP contribution >= 0.6 is 46.8 Å². The Hall–Kier alpha value is 0.0800. The maximum absolute atomic E-state index is 12.3. The molecule has 9 heteroatoms. The monoisotopic (exact) mass is 360 g/mol. The Balaban J connectivity index is 3.22. The summed E-state index contributed by atoms with van der Waals surface area (Å²) in [7, 11) is -3.82. The van der Waals surface area contributed by atoms with E-state index in [-0.39, 0.29) is 14.2 Å². The second-order valence-corrected chi connectivity index (χ2v) is 8.32. The van der Waals surface area contributed by atoms with Crippen LogP contribution in [0.5, 0.6) is 0 Å². The maximum atomic E-state index is 12.3. The van der Waals surface area contributed by atoms with Gasteiger partial charge in [-0.2, -0.15) is 4.72 Å². The van der Waals surface area contributed by atoms with Crippen LogP contribution in [0.2, 0.25) is 8.67 Å². The molecule has 0 aliphatic carbocycles. The molecule has 0 amide bonds. The van der Waals surface area contributed by atoms with E-state index in [0.29, 0.717) is 17.2 Å². The number of thiocarbonyl (C=S) groups is 1. The van der Waals surface area contributed by atoms with E-state index >= 15 is 0 Å². The lowest BCUT2D eigenvalue weighted by Crippen LogP contribution is -2.55. The first kappa shape index (κ1) is 17.1. The van der Waals surface area contributed by atoms with Crippen molar-refractivity contribution in [3.63, 3.8) is 0 Å². The first-order chi connectivity index (χ1) is 8.68. The molecule has 108 valence electrons. The minimum Gasteiger partial charge on any atom is -0.392 e. The second kappa shape index (κ2) is 6.24. The van der Waals surface area contributed by atoms with Gasteiger partial charge in [-0.1, -0.05) is 49.3 Å². The fraction of sp³-hybridized carbons (Fsp3) is 0.500. The number of nitrogens with one attached hydrogen (secondary N) is 1. The molecule has 0 aromatic carbocycles. The summed E-state index contributed by atoms with van der Waals surface area (Å²) in [6.07, 6.45) is 0.904. The van der Waals surface area contributed by atoms with Gasteiger partial charge in [0.05, 0.1) is 14.9 Å². The molecule has 0 bridgehead atoms. The van der Waals surface area contributed by atoms with Crippen LogP contribution in [-0.2, 0) is 10.0 Å². The molecule has 4 nitrogen and oxygen atoms in total. The average Bonchev–Trinajstić information content (AvgIpc) is 2.66. The number of thiophene rings is 1. The molecule has 1 aromatic heterocycles. The topological polar surface area (TPSA) is 72.2 Å². The number of rotatable bonds is 6. The second-order valence-electron chi connectivity index (χ2n) is 3.95. The Kier molecular flexibility index (Phi) is 5.62. The van der Waals surface area contributed by atoms with Crippen LogP contribution in [-0.4, -0.2) is 18.9 Å². The van der Waals surface area contributed by atoms with E-state index in [1.54, 1.807) is 0 Å². The quantitative estimate of drug-likeness (QED) is 0.764. The highest BCUT2D eigenvalue weighted by atomic mass is 35.5. The first-order valence-electron chi connectivity index (χ1n) is 5.47. The van der Waals surface area contributed by atoms with Crippen molar-refractivity contribution in [2.75, 3.05) is 0 Å². The number of halogens is 2. The summed E-state index contributed by atoms with van der Waals surface area (Å²) in [6, 6.07) is 1.31. The van der Waals surface area contributed by atoms with Crippen molar-refractivity contribution in [3.05, 3.63) is 14.7 Å². The molecule has 1 heterocycles. The van der Waals surface area contributed by atoms with Gasteiger partial charge in [0, 0.05) is 0 Å². The van der Waals surface area contributed by atoms with Gasteiger partial charge in [-0.05, 0) is 18.9 Å². The lowest BCUT2D eigenvalue weighted by molar-refractivity contribution is 0.466. The molecule has 19 heavy (non-hydrogen) atoms. The highest BCUT2D eigenvalue weighted by Gasteiger charge is 2.36. The molecule has 0 unspecified atom stereocenters. The number of hydrogen-bond donors (Lipinski definition) is 2. The van der Waals surface area contributed by atoms with Gasteiger partial charge in [0.25, 0.3) is 0 Å². The van der Waals surface area contributed by atoms with Gasteiger partial charge < -0.3 is 5.73 Å². The van der Waals surface area contributed by atoms with E-state index in [1.807, 2.05) is 13.8 Å². The number of hydrogen-bond acceptors (Lipinski definition) is 4. The van der Waals surface area contributed by atoms with E-state index in [0.717, 1.165) is 11.3 Å². The normalized spacial score (nSPS) is 12.6. The minimum atomic E-state index is -3.82. The van der Waals surface area contributed by atoms with Gasteiger partial charge in [0.2, 0.25) is 10.0 Å². The van der Waals surface area contributed by atoms with Gasteiger partial charge in [0.1, 0.15) is 9.23 Å². The van der Waals surface area contributed by atoms with Crippen molar-refractivity contribution in [1.82, 2.24) is 4.72 Å². The summed E-state index contributed by atoms with van der Waals surface area (Å²) in [5, 5.41) is 0. The fourth-order valence-corrected chi connectivity index (χ4v) is 5.69. The van der Waals surface area contributed by atoms with Crippen LogP contribution in [0.3, 0.4) is 0 Å². The van der Waals surface area contributed by atoms with E-state index in [9.17, 15) is 8.42 Å². The van der Waals surface area contributed by atoms with Crippen LogP contribution in [0.25, 0.3) is 0 Å². The molecular weight excluding hydrogens is 347 g/mol. The summed E-state index contributed by atoms with van der Waals surface area (Å²) < 4.78 is 27.6. The van der Waals surface area contributed by atoms with E-state index < -0.39 is 15.6 Å². The molecule has 0 atom stereocenters. The van der Waals surface area contributed by atoms with Crippen molar-refractivity contribution >= 4 is 61.8 Å². The zero-order valence-electron chi connectivity index (χ0n) is 10.4. The molecule has 1 rings (SSSR count). The molecule has 0 aliphatic rings. The zero-order valence-corrected chi connectivity index (χ0v) is 14.3. The van der Waals surface area contributed by atoms with E-state index in [1.165, 1.54) is 6.07 Å². The van der Waals surface area contributed by atoms with Crippen LogP contribution in [0, 0.1) is 0 Å². The summed E-state index contributed by atoms with van der Waals surface area (Å²) in [6.45, 7) is 3.63. The molecule has 0 radical (unpaired) electrons. The SMILES string of the molecule is CCC(CC)(NS(=O)(=O)c1cc(Cl)sc1Cl)C(N)=S. The van der Waals surface area contributed by atoms with Gasteiger partial charge in [-0.25, -0.2) is 8.42 Å². The molecule has 0 spiro atoms. The van der Waals surface area contributed by atoms with Gasteiger partial charge in [-0.15, -0.1) is 11.3 Å². The smallest absolute Gasteiger partial charge is 0.243 e. The van der Waals surface area contributed by atoms with Gasteiger partial charge in [0.15, 0.2) is 0 Å². The van der Waals surface area contributed by atoms with Crippen molar-refractivity contribution in [2.45, 2.75) is 37.1 Å². The lowest BCUT2D eigenvalue weighted by atomic mass is 9.94. The number of sulfonamides is 1. The third-order valence-corrected chi connectivity index (χ3v) is 6.60. The molecule has 1 aromatic rings. The van der Waals surface area contributed by atoms with Crippen molar-refractivity contribution < 1.29 is 8.42 Å². The molecule has 0 saturated heterocycles. The Morgan fingerprint density at radius 2 is 2.00 bits per heavy atom. The summed E-state index contributed by atoms with van der Waals surface area (Å²) in [5.74, 6) is 0.